The van der Waals surface area contributed by atoms with Crippen LogP contribution >= 0.6 is 0 Å². The SMILES string of the molecule is CC1(C)C(=O)[C@]2(C)C=C[C@H]1C=C2c1ccccc1. The maximum absolute atomic E-state index is 12.7. The van der Waals surface area contributed by atoms with Gasteiger partial charge in [-0.15, -0.1) is 0 Å². The fourth-order valence-electron chi connectivity index (χ4n) is 3.28. The van der Waals surface area contributed by atoms with Crippen LogP contribution in [0.2, 0.25) is 0 Å². The summed E-state index contributed by atoms with van der Waals surface area (Å²) in [5.41, 5.74) is 1.60. The van der Waals surface area contributed by atoms with Crippen LogP contribution in [0, 0.1) is 16.7 Å². The minimum absolute atomic E-state index is 0.224. The summed E-state index contributed by atoms with van der Waals surface area (Å²) in [6.07, 6.45) is 6.55. The van der Waals surface area contributed by atoms with Gasteiger partial charge in [-0.2, -0.15) is 0 Å². The van der Waals surface area contributed by atoms with Crippen molar-refractivity contribution in [1.82, 2.24) is 0 Å². The maximum Gasteiger partial charge on any atom is 0.153 e. The Labute approximate surface area is 108 Å². The second-order valence-electron chi connectivity index (χ2n) is 6.08. The Kier molecular flexibility index (Phi) is 2.19. The summed E-state index contributed by atoms with van der Waals surface area (Å²) in [6.45, 7) is 6.15. The van der Waals surface area contributed by atoms with Crippen molar-refractivity contribution >= 4 is 11.4 Å². The number of carbonyl (C=O) groups is 1. The maximum atomic E-state index is 12.7. The molecule has 4 rings (SSSR count). The first kappa shape index (κ1) is 11.5. The van der Waals surface area contributed by atoms with Crippen molar-refractivity contribution in [3.8, 4) is 0 Å². The number of rotatable bonds is 1. The van der Waals surface area contributed by atoms with Gasteiger partial charge >= 0.3 is 0 Å². The van der Waals surface area contributed by atoms with E-state index in [9.17, 15) is 4.79 Å². The number of carbonyl (C=O) groups excluding carboxylic acids is 1. The highest BCUT2D eigenvalue weighted by molar-refractivity contribution is 6.06. The number of hydrogen-bond acceptors (Lipinski definition) is 1. The molecule has 3 aliphatic rings. The molecule has 0 aliphatic heterocycles. The smallest absolute Gasteiger partial charge is 0.153 e. The van der Waals surface area contributed by atoms with E-state index in [4.69, 9.17) is 0 Å². The van der Waals surface area contributed by atoms with Gasteiger partial charge in [0, 0.05) is 11.3 Å². The number of hydrogen-bond donors (Lipinski definition) is 0. The van der Waals surface area contributed by atoms with Crippen LogP contribution in [0.15, 0.2) is 48.6 Å². The lowest BCUT2D eigenvalue weighted by Gasteiger charge is -2.47. The minimum atomic E-state index is -0.459. The third-order valence-electron chi connectivity index (χ3n) is 4.52. The molecule has 0 heterocycles. The molecule has 2 bridgehead atoms. The monoisotopic (exact) mass is 238 g/mol. The van der Waals surface area contributed by atoms with Crippen LogP contribution in [0.25, 0.3) is 5.57 Å². The first-order valence-electron chi connectivity index (χ1n) is 6.48. The number of fused-ring (bicyclic) bond motifs is 1. The van der Waals surface area contributed by atoms with Crippen LogP contribution in [0.4, 0.5) is 0 Å². The van der Waals surface area contributed by atoms with Gasteiger partial charge in [-0.25, -0.2) is 0 Å². The van der Waals surface area contributed by atoms with E-state index in [1.165, 1.54) is 11.1 Å². The second-order valence-corrected chi connectivity index (χ2v) is 6.08. The molecule has 1 nitrogen and oxygen atoms in total. The molecular weight excluding hydrogens is 220 g/mol. The van der Waals surface area contributed by atoms with Crippen LogP contribution < -0.4 is 0 Å². The largest absolute Gasteiger partial charge is 0.298 e. The molecule has 0 saturated carbocycles. The zero-order valence-electron chi connectivity index (χ0n) is 11.1. The number of Topliss-reactive ketones (excluding diaryl/α,β-unsaturated/α-hetero) is 1. The molecule has 1 aromatic carbocycles. The fraction of sp³-hybridized carbons (Fsp3) is 0.353. The van der Waals surface area contributed by atoms with Gasteiger partial charge in [0.2, 0.25) is 0 Å². The van der Waals surface area contributed by atoms with Crippen LogP contribution in [-0.4, -0.2) is 5.78 Å². The Bertz CT molecular complexity index is 563. The van der Waals surface area contributed by atoms with E-state index in [1.807, 2.05) is 25.1 Å². The van der Waals surface area contributed by atoms with E-state index < -0.39 is 5.41 Å². The molecule has 0 aromatic heterocycles. The molecule has 18 heavy (non-hydrogen) atoms. The van der Waals surface area contributed by atoms with Gasteiger partial charge in [-0.05, 0) is 18.1 Å². The number of ketones is 1. The Balaban J connectivity index is 2.18. The molecule has 0 saturated heterocycles. The predicted octanol–water partition coefficient (Wildman–Crippen LogP) is 3.87. The first-order valence-corrected chi connectivity index (χ1v) is 6.48. The van der Waals surface area contributed by atoms with Crippen molar-refractivity contribution in [2.24, 2.45) is 16.7 Å². The van der Waals surface area contributed by atoms with Gasteiger partial charge in [-0.3, -0.25) is 4.79 Å². The zero-order chi connectivity index (χ0) is 13.0. The zero-order valence-corrected chi connectivity index (χ0v) is 11.1. The normalized spacial score (nSPS) is 32.5. The van der Waals surface area contributed by atoms with Crippen molar-refractivity contribution in [2.75, 3.05) is 0 Å². The van der Waals surface area contributed by atoms with Gasteiger partial charge in [-0.1, -0.05) is 62.4 Å². The highest BCUT2D eigenvalue weighted by atomic mass is 16.1. The topological polar surface area (TPSA) is 17.1 Å². The van der Waals surface area contributed by atoms with Crippen molar-refractivity contribution in [3.05, 3.63) is 54.1 Å². The van der Waals surface area contributed by atoms with Gasteiger partial charge < -0.3 is 0 Å². The molecule has 0 radical (unpaired) electrons. The van der Waals surface area contributed by atoms with Crippen molar-refractivity contribution in [3.63, 3.8) is 0 Å². The summed E-state index contributed by atoms with van der Waals surface area (Å²) in [7, 11) is 0. The number of allylic oxidation sites excluding steroid dienone is 4. The summed E-state index contributed by atoms with van der Waals surface area (Å²) in [5, 5.41) is 0. The average Bonchev–Trinajstić information content (AvgIpc) is 2.37. The van der Waals surface area contributed by atoms with Crippen molar-refractivity contribution in [2.45, 2.75) is 20.8 Å². The fourth-order valence-corrected chi connectivity index (χ4v) is 3.28. The molecule has 1 heteroatoms. The van der Waals surface area contributed by atoms with Crippen molar-refractivity contribution < 1.29 is 4.79 Å². The Morgan fingerprint density at radius 2 is 1.72 bits per heavy atom. The molecule has 92 valence electrons. The molecule has 2 atom stereocenters. The van der Waals surface area contributed by atoms with Gasteiger partial charge in [0.15, 0.2) is 5.78 Å². The lowest BCUT2D eigenvalue weighted by molar-refractivity contribution is -0.134. The highest BCUT2D eigenvalue weighted by Gasteiger charge is 2.52. The summed E-state index contributed by atoms with van der Waals surface area (Å²) in [5.74, 6) is 0.561. The van der Waals surface area contributed by atoms with E-state index in [2.05, 4.69) is 44.2 Å². The van der Waals surface area contributed by atoms with E-state index in [0.29, 0.717) is 5.78 Å². The van der Waals surface area contributed by atoms with Crippen LogP contribution in [0.1, 0.15) is 26.3 Å². The standard InChI is InChI=1S/C17H18O/c1-16(2)13-9-10-17(3,15(16)18)14(11-13)12-7-5-4-6-8-12/h4-11,13H,1-3H3/t13-,17+/m0/s1. The molecule has 0 N–H and O–H groups in total. The third-order valence-corrected chi connectivity index (χ3v) is 4.52. The molecule has 3 aliphatic carbocycles. The number of benzene rings is 1. The highest BCUT2D eigenvalue weighted by Crippen LogP contribution is 2.54. The van der Waals surface area contributed by atoms with Crippen LogP contribution in [0.5, 0.6) is 0 Å². The Morgan fingerprint density at radius 3 is 2.39 bits per heavy atom. The first-order chi connectivity index (χ1) is 8.46. The summed E-state index contributed by atoms with van der Waals surface area (Å²) in [4.78, 5) is 12.7. The summed E-state index contributed by atoms with van der Waals surface area (Å²) < 4.78 is 0. The Morgan fingerprint density at radius 1 is 1.06 bits per heavy atom. The molecule has 0 spiro atoms. The molecule has 0 amide bonds. The second kappa shape index (κ2) is 3.44. The van der Waals surface area contributed by atoms with Crippen LogP contribution in [0.3, 0.4) is 0 Å². The van der Waals surface area contributed by atoms with E-state index in [1.54, 1.807) is 0 Å². The molecule has 1 aromatic rings. The van der Waals surface area contributed by atoms with Crippen LogP contribution in [-0.2, 0) is 4.79 Å². The van der Waals surface area contributed by atoms with Gasteiger partial charge in [0.25, 0.3) is 0 Å². The minimum Gasteiger partial charge on any atom is -0.298 e. The summed E-state index contributed by atoms with van der Waals surface area (Å²) in [6, 6.07) is 10.2. The lowest BCUT2D eigenvalue weighted by atomic mass is 9.54. The van der Waals surface area contributed by atoms with Crippen molar-refractivity contribution in [1.29, 1.82) is 0 Å². The third kappa shape index (κ3) is 1.30. The average molecular weight is 238 g/mol. The lowest BCUT2D eigenvalue weighted by Crippen LogP contribution is -2.48. The van der Waals surface area contributed by atoms with E-state index in [0.717, 1.165) is 0 Å². The Hall–Kier alpha value is -1.63. The summed E-state index contributed by atoms with van der Waals surface area (Å²) >= 11 is 0. The molecule has 0 fully saturated rings. The van der Waals surface area contributed by atoms with E-state index >= 15 is 0 Å². The molecule has 0 unspecified atom stereocenters. The van der Waals surface area contributed by atoms with E-state index in [-0.39, 0.29) is 11.3 Å². The predicted molar refractivity (Wildman–Crippen MR) is 73.9 cm³/mol. The molecular formula is C17H18O. The van der Waals surface area contributed by atoms with Gasteiger partial charge in [0.05, 0.1) is 5.41 Å². The van der Waals surface area contributed by atoms with Gasteiger partial charge in [0.1, 0.15) is 0 Å². The quantitative estimate of drug-likeness (QED) is 0.679.